The molecule has 0 spiro atoms. The lowest BCUT2D eigenvalue weighted by Crippen LogP contribution is -2.14. The Balaban J connectivity index is 1.30. The molecule has 4 aromatic rings. The Labute approximate surface area is 185 Å². The fourth-order valence-corrected chi connectivity index (χ4v) is 4.93. The van der Waals surface area contributed by atoms with Gasteiger partial charge in [0.05, 0.1) is 22.7 Å². The van der Waals surface area contributed by atoms with E-state index in [1.165, 1.54) is 0 Å². The molecule has 0 aliphatic carbocycles. The molecule has 1 atom stereocenters. The summed E-state index contributed by atoms with van der Waals surface area (Å²) in [6.45, 7) is 0.845. The van der Waals surface area contributed by atoms with Crippen LogP contribution in [0.3, 0.4) is 0 Å². The van der Waals surface area contributed by atoms with Gasteiger partial charge in [0.2, 0.25) is 0 Å². The normalized spacial score (nSPS) is 15.9. The van der Waals surface area contributed by atoms with E-state index in [9.17, 15) is 4.79 Å². The van der Waals surface area contributed by atoms with E-state index in [4.69, 9.17) is 4.74 Å². The van der Waals surface area contributed by atoms with Gasteiger partial charge in [0.15, 0.2) is 0 Å². The zero-order valence-corrected chi connectivity index (χ0v) is 17.8. The first-order valence-electron chi connectivity index (χ1n) is 10.5. The molecule has 5 nitrogen and oxygen atoms in total. The zero-order valence-electron chi connectivity index (χ0n) is 17.0. The van der Waals surface area contributed by atoms with Gasteiger partial charge in [0.25, 0.3) is 5.91 Å². The Morgan fingerprint density at radius 1 is 1.06 bits per heavy atom. The highest BCUT2D eigenvalue weighted by molar-refractivity contribution is 7.99. The van der Waals surface area contributed by atoms with Gasteiger partial charge in [-0.2, -0.15) is 0 Å². The first kappa shape index (κ1) is 19.8. The minimum absolute atomic E-state index is 0.101. The number of nitrogens with one attached hydrogen (secondary N) is 1. The van der Waals surface area contributed by atoms with E-state index in [2.05, 4.69) is 10.3 Å². The number of thioether (sulfide) groups is 1. The van der Waals surface area contributed by atoms with Crippen molar-refractivity contribution in [2.24, 2.45) is 0 Å². The van der Waals surface area contributed by atoms with Crippen molar-refractivity contribution in [3.63, 3.8) is 0 Å². The number of rotatable bonds is 6. The summed E-state index contributed by atoms with van der Waals surface area (Å²) in [5, 5.41) is 3.03. The monoisotopic (exact) mass is 429 g/mol. The Hall–Kier alpha value is -3.09. The second-order valence-electron chi connectivity index (χ2n) is 7.55. The Bertz CT molecular complexity index is 1200. The molecule has 1 fully saturated rings. The number of carbonyl (C=O) groups is 1. The van der Waals surface area contributed by atoms with E-state index in [1.54, 1.807) is 11.8 Å². The Morgan fingerprint density at radius 3 is 2.71 bits per heavy atom. The van der Waals surface area contributed by atoms with Crippen LogP contribution in [0.15, 0.2) is 84.0 Å². The summed E-state index contributed by atoms with van der Waals surface area (Å²) >= 11 is 1.69. The molecular weight excluding hydrogens is 406 g/mol. The number of hydrogen-bond acceptors (Lipinski definition) is 4. The van der Waals surface area contributed by atoms with Crippen LogP contribution in [0, 0.1) is 0 Å². The van der Waals surface area contributed by atoms with Crippen molar-refractivity contribution in [1.82, 2.24) is 9.55 Å². The number of fused-ring (bicyclic) bond motifs is 1. The second-order valence-corrected chi connectivity index (χ2v) is 8.61. The minimum atomic E-state index is -0.101. The summed E-state index contributed by atoms with van der Waals surface area (Å²) in [6, 6.07) is 23.6. The number of amides is 1. The number of carbonyl (C=O) groups excluding carboxylic acids is 1. The van der Waals surface area contributed by atoms with Crippen LogP contribution in [-0.4, -0.2) is 33.9 Å². The van der Waals surface area contributed by atoms with Gasteiger partial charge in [0.1, 0.15) is 6.33 Å². The third kappa shape index (κ3) is 4.36. The molecule has 2 heterocycles. The van der Waals surface area contributed by atoms with Crippen molar-refractivity contribution in [2.45, 2.75) is 23.8 Å². The van der Waals surface area contributed by atoms with Crippen LogP contribution in [0.25, 0.3) is 16.7 Å². The molecule has 5 rings (SSSR count). The molecule has 156 valence electrons. The summed E-state index contributed by atoms with van der Waals surface area (Å²) in [6.07, 6.45) is 4.32. The molecule has 1 amide bonds. The van der Waals surface area contributed by atoms with Gasteiger partial charge in [-0.25, -0.2) is 4.98 Å². The minimum Gasteiger partial charge on any atom is -0.377 e. The van der Waals surface area contributed by atoms with Gasteiger partial charge in [-0.3, -0.25) is 9.36 Å². The molecule has 1 saturated heterocycles. The van der Waals surface area contributed by atoms with E-state index in [1.807, 2.05) is 83.7 Å². The molecule has 0 radical (unpaired) electrons. The lowest BCUT2D eigenvalue weighted by molar-refractivity contribution is 0.102. The van der Waals surface area contributed by atoms with Gasteiger partial charge in [0, 0.05) is 28.6 Å². The van der Waals surface area contributed by atoms with Gasteiger partial charge in [-0.05, 0) is 61.4 Å². The molecular formula is C25H23N3O2S. The van der Waals surface area contributed by atoms with Crippen LogP contribution >= 0.6 is 11.8 Å². The first-order chi connectivity index (χ1) is 15.3. The molecule has 3 aromatic carbocycles. The van der Waals surface area contributed by atoms with Crippen molar-refractivity contribution in [1.29, 1.82) is 0 Å². The maximum Gasteiger partial charge on any atom is 0.256 e. The molecule has 1 aromatic heterocycles. The predicted molar refractivity (Wildman–Crippen MR) is 125 cm³/mol. The smallest absolute Gasteiger partial charge is 0.256 e. The third-order valence-corrected chi connectivity index (χ3v) is 6.64. The molecule has 1 N–H and O–H groups in total. The summed E-state index contributed by atoms with van der Waals surface area (Å²) < 4.78 is 7.75. The molecule has 0 bridgehead atoms. The molecule has 31 heavy (non-hydrogen) atoms. The fraction of sp³-hybridized carbons (Fsp3) is 0.200. The van der Waals surface area contributed by atoms with Gasteiger partial charge < -0.3 is 10.1 Å². The predicted octanol–water partition coefficient (Wildman–Crippen LogP) is 5.55. The molecule has 1 aliphatic rings. The van der Waals surface area contributed by atoms with Crippen LogP contribution < -0.4 is 5.32 Å². The first-order valence-corrected chi connectivity index (χ1v) is 11.4. The van der Waals surface area contributed by atoms with Crippen LogP contribution in [0.4, 0.5) is 5.69 Å². The highest BCUT2D eigenvalue weighted by Gasteiger charge is 2.18. The molecule has 1 aliphatic heterocycles. The Morgan fingerprint density at radius 2 is 1.87 bits per heavy atom. The number of ether oxygens (including phenoxy) is 1. The molecule has 6 heteroatoms. The molecule has 1 unspecified atom stereocenters. The fourth-order valence-electron chi connectivity index (χ4n) is 3.81. The second kappa shape index (κ2) is 8.96. The van der Waals surface area contributed by atoms with Crippen LogP contribution in [0.5, 0.6) is 0 Å². The average molecular weight is 430 g/mol. The van der Waals surface area contributed by atoms with E-state index in [0.29, 0.717) is 5.56 Å². The summed E-state index contributed by atoms with van der Waals surface area (Å²) in [7, 11) is 0. The summed E-state index contributed by atoms with van der Waals surface area (Å²) in [4.78, 5) is 18.4. The van der Waals surface area contributed by atoms with Crippen molar-refractivity contribution in [2.75, 3.05) is 17.7 Å². The van der Waals surface area contributed by atoms with E-state index in [0.717, 1.165) is 52.5 Å². The summed E-state index contributed by atoms with van der Waals surface area (Å²) in [5.74, 6) is 0.772. The van der Waals surface area contributed by atoms with E-state index < -0.39 is 0 Å². The number of hydrogen-bond donors (Lipinski definition) is 1. The number of aromatic nitrogens is 2. The highest BCUT2D eigenvalue weighted by Crippen LogP contribution is 2.27. The largest absolute Gasteiger partial charge is 0.377 e. The topological polar surface area (TPSA) is 56.2 Å². The van der Waals surface area contributed by atoms with E-state index >= 15 is 0 Å². The number of anilines is 1. The maximum atomic E-state index is 12.9. The van der Waals surface area contributed by atoms with Crippen LogP contribution in [0.2, 0.25) is 0 Å². The van der Waals surface area contributed by atoms with Crippen molar-refractivity contribution < 1.29 is 9.53 Å². The Kier molecular flexibility index (Phi) is 5.74. The highest BCUT2D eigenvalue weighted by atomic mass is 32.2. The van der Waals surface area contributed by atoms with Gasteiger partial charge in [-0.15, -0.1) is 11.8 Å². The zero-order chi connectivity index (χ0) is 21.0. The average Bonchev–Trinajstić information content (AvgIpc) is 3.48. The number of benzene rings is 3. The van der Waals surface area contributed by atoms with Crippen LogP contribution in [-0.2, 0) is 4.74 Å². The SMILES string of the molecule is O=C(Nc1ccc(-n2cnc3ccccc32)cc1)c1ccccc1SCC1CCCO1. The maximum absolute atomic E-state index is 12.9. The molecule has 0 saturated carbocycles. The lowest BCUT2D eigenvalue weighted by Gasteiger charge is -2.13. The number of para-hydroxylation sites is 2. The van der Waals surface area contributed by atoms with Crippen molar-refractivity contribution in [3.8, 4) is 5.69 Å². The quantitative estimate of drug-likeness (QED) is 0.408. The summed E-state index contributed by atoms with van der Waals surface area (Å²) in [5.41, 5.74) is 4.46. The number of nitrogens with zero attached hydrogens (tertiary/aromatic N) is 2. The van der Waals surface area contributed by atoms with Crippen molar-refractivity contribution in [3.05, 3.63) is 84.7 Å². The lowest BCUT2D eigenvalue weighted by atomic mass is 10.2. The van der Waals surface area contributed by atoms with Crippen molar-refractivity contribution >= 4 is 34.4 Å². The van der Waals surface area contributed by atoms with Crippen LogP contribution in [0.1, 0.15) is 23.2 Å². The van der Waals surface area contributed by atoms with Gasteiger partial charge in [-0.1, -0.05) is 24.3 Å². The number of imidazole rings is 1. The standard InChI is InChI=1S/C25H23N3O2S/c29-25(21-7-1-4-10-24(21)31-16-20-6-5-15-30-20)27-18-11-13-19(14-12-18)28-17-26-22-8-2-3-9-23(22)28/h1-4,7-14,17,20H,5-6,15-16H2,(H,27,29). The van der Waals surface area contributed by atoms with E-state index in [-0.39, 0.29) is 12.0 Å². The van der Waals surface area contributed by atoms with Gasteiger partial charge >= 0.3 is 0 Å². The third-order valence-electron chi connectivity index (χ3n) is 5.44.